The molecule has 0 aliphatic rings. The van der Waals surface area contributed by atoms with Crippen LogP contribution < -0.4 is 14.4 Å². The lowest BCUT2D eigenvalue weighted by Crippen LogP contribution is -2.18. The Kier molecular flexibility index (Phi) is 4.80. The van der Waals surface area contributed by atoms with Gasteiger partial charge in [-0.15, -0.1) is 13.2 Å². The first-order valence-corrected chi connectivity index (χ1v) is 8.13. The van der Waals surface area contributed by atoms with E-state index in [-0.39, 0.29) is 15.5 Å². The van der Waals surface area contributed by atoms with Gasteiger partial charge in [0.2, 0.25) is 0 Å². The highest BCUT2D eigenvalue weighted by Gasteiger charge is 2.30. The number of nitrogens with zero attached hydrogens (tertiary/aromatic N) is 1. The van der Waals surface area contributed by atoms with E-state index in [4.69, 9.17) is 11.6 Å². The largest absolute Gasteiger partial charge is 0.573 e. The number of halogens is 4. The van der Waals surface area contributed by atoms with Gasteiger partial charge in [0, 0.05) is 13.6 Å². The zero-order valence-electron chi connectivity index (χ0n) is 10.6. The molecule has 0 saturated heterocycles. The van der Waals surface area contributed by atoms with Gasteiger partial charge in [-0.1, -0.05) is 34.1 Å². The third-order valence-corrected chi connectivity index (χ3v) is 5.35. The lowest BCUT2D eigenvalue weighted by atomic mass is 10.2. The molecule has 3 nitrogen and oxygen atoms in total. The molecule has 0 atom stereocenters. The predicted octanol–water partition coefficient (Wildman–Crippen LogP) is 4.36. The predicted molar refractivity (Wildman–Crippen MR) is 78.7 cm³/mol. The first-order valence-electron chi connectivity index (χ1n) is 5.61. The second-order valence-electron chi connectivity index (χ2n) is 4.12. The van der Waals surface area contributed by atoms with Crippen LogP contribution in [0.25, 0.3) is 0 Å². The normalized spacial score (nSPS) is 11.5. The Hall–Kier alpha value is -1.25. The summed E-state index contributed by atoms with van der Waals surface area (Å²) in [5.41, 5.74) is 0.772. The van der Waals surface area contributed by atoms with Crippen molar-refractivity contribution in [2.24, 2.45) is 0 Å². The van der Waals surface area contributed by atoms with Gasteiger partial charge in [0.25, 0.3) is 4.74 Å². The van der Waals surface area contributed by atoms with E-state index in [1.165, 1.54) is 34.6 Å². The van der Waals surface area contributed by atoms with Crippen LogP contribution in [0.5, 0.6) is 5.75 Å². The first kappa shape index (κ1) is 16.1. The van der Waals surface area contributed by atoms with Crippen molar-refractivity contribution < 1.29 is 17.9 Å². The molecule has 1 heterocycles. The molecule has 114 valence electrons. The fourth-order valence-electron chi connectivity index (χ4n) is 1.61. The molecule has 0 radical (unpaired) electrons. The van der Waals surface area contributed by atoms with Crippen LogP contribution in [0.4, 0.5) is 18.2 Å². The van der Waals surface area contributed by atoms with Gasteiger partial charge in [0.15, 0.2) is 0 Å². The summed E-state index contributed by atoms with van der Waals surface area (Å²) in [5, 5.41) is 0.812. The van der Waals surface area contributed by atoms with E-state index in [9.17, 15) is 18.0 Å². The zero-order valence-corrected chi connectivity index (χ0v) is 13.0. The molecule has 2 rings (SSSR count). The topological polar surface area (TPSA) is 29.5 Å². The number of benzene rings is 1. The summed E-state index contributed by atoms with van der Waals surface area (Å²) in [4.78, 5) is 13.1. The van der Waals surface area contributed by atoms with E-state index < -0.39 is 6.36 Å². The Morgan fingerprint density at radius 2 is 1.86 bits per heavy atom. The molecule has 1 aromatic heterocycles. The molecule has 0 fully saturated rings. The van der Waals surface area contributed by atoms with Crippen LogP contribution in [0.2, 0.25) is 5.02 Å². The Morgan fingerprint density at radius 3 is 2.33 bits per heavy atom. The molecule has 0 aliphatic carbocycles. The maximum atomic E-state index is 12.0. The molecular weight excluding hydrogens is 347 g/mol. The van der Waals surface area contributed by atoms with Crippen LogP contribution >= 0.6 is 32.3 Å². The SMILES string of the molecule is CN(Cc1ccc(OC(F)(F)F)cc1)c1ssc(=O)c1Cl. The van der Waals surface area contributed by atoms with Crippen molar-refractivity contribution >= 4 is 37.3 Å². The molecule has 0 amide bonds. The third-order valence-electron chi connectivity index (χ3n) is 2.49. The number of hydrogen-bond acceptors (Lipinski definition) is 5. The van der Waals surface area contributed by atoms with Crippen molar-refractivity contribution in [2.45, 2.75) is 12.9 Å². The van der Waals surface area contributed by atoms with E-state index in [0.717, 1.165) is 15.9 Å². The molecule has 21 heavy (non-hydrogen) atoms. The van der Waals surface area contributed by atoms with Crippen molar-refractivity contribution in [3.63, 3.8) is 0 Å². The van der Waals surface area contributed by atoms with Crippen LogP contribution in [0.15, 0.2) is 29.1 Å². The zero-order chi connectivity index (χ0) is 15.6. The standard InChI is InChI=1S/C12H9ClF3NO2S2/c1-17(10-9(13)11(18)21-20-10)6-7-2-4-8(5-3-7)19-12(14,15)16/h2-5H,6H2,1H3. The minimum Gasteiger partial charge on any atom is -0.406 e. The van der Waals surface area contributed by atoms with Crippen molar-refractivity contribution in [2.75, 3.05) is 11.9 Å². The van der Waals surface area contributed by atoms with Crippen LogP contribution in [0.3, 0.4) is 0 Å². The quantitative estimate of drug-likeness (QED) is 0.763. The summed E-state index contributed by atoms with van der Waals surface area (Å²) in [5.74, 6) is -0.271. The van der Waals surface area contributed by atoms with Gasteiger partial charge in [-0.25, -0.2) is 0 Å². The van der Waals surface area contributed by atoms with E-state index in [1.54, 1.807) is 11.9 Å². The molecule has 0 bridgehead atoms. The van der Waals surface area contributed by atoms with Crippen LogP contribution in [0, 0.1) is 0 Å². The Labute approximate surface area is 130 Å². The fraction of sp³-hybridized carbons (Fsp3) is 0.250. The molecule has 0 saturated carbocycles. The van der Waals surface area contributed by atoms with E-state index in [0.29, 0.717) is 11.5 Å². The molecule has 0 unspecified atom stereocenters. The van der Waals surface area contributed by atoms with Crippen LogP contribution in [0.1, 0.15) is 5.56 Å². The minimum atomic E-state index is -4.70. The lowest BCUT2D eigenvalue weighted by molar-refractivity contribution is -0.274. The van der Waals surface area contributed by atoms with Gasteiger partial charge in [-0.2, -0.15) is 0 Å². The fourth-order valence-corrected chi connectivity index (χ4v) is 4.35. The molecular formula is C12H9ClF3NO2S2. The number of rotatable bonds is 4. The number of hydrogen-bond donors (Lipinski definition) is 0. The molecule has 0 spiro atoms. The maximum absolute atomic E-state index is 12.0. The molecule has 2 aromatic rings. The highest BCUT2D eigenvalue weighted by molar-refractivity contribution is 7.70. The third kappa shape index (κ3) is 4.36. The summed E-state index contributed by atoms with van der Waals surface area (Å²) in [6, 6.07) is 5.55. The Balaban J connectivity index is 2.06. The average Bonchev–Trinajstić information content (AvgIpc) is 2.71. The molecule has 0 aliphatic heterocycles. The van der Waals surface area contributed by atoms with Crippen molar-refractivity contribution in [3.05, 3.63) is 44.4 Å². The number of anilines is 1. The molecule has 0 N–H and O–H groups in total. The monoisotopic (exact) mass is 355 g/mol. The van der Waals surface area contributed by atoms with Gasteiger partial charge >= 0.3 is 6.36 Å². The second-order valence-corrected chi connectivity index (χ2v) is 6.59. The number of ether oxygens (including phenoxy) is 1. The number of alkyl halides is 3. The van der Waals surface area contributed by atoms with Crippen molar-refractivity contribution in [3.8, 4) is 5.75 Å². The lowest BCUT2D eigenvalue weighted by Gasteiger charge is -2.17. The van der Waals surface area contributed by atoms with E-state index >= 15 is 0 Å². The molecule has 9 heteroatoms. The van der Waals surface area contributed by atoms with Gasteiger partial charge in [0.05, 0.1) is 0 Å². The summed E-state index contributed by atoms with van der Waals surface area (Å²) in [7, 11) is 4.06. The van der Waals surface area contributed by atoms with Crippen LogP contribution in [-0.2, 0) is 6.54 Å². The average molecular weight is 356 g/mol. The first-order chi connectivity index (χ1) is 9.76. The Bertz CT molecular complexity index is 666. The van der Waals surface area contributed by atoms with Gasteiger partial charge in [0.1, 0.15) is 15.8 Å². The highest BCUT2D eigenvalue weighted by Crippen LogP contribution is 2.31. The van der Waals surface area contributed by atoms with Gasteiger partial charge in [-0.3, -0.25) is 4.79 Å². The minimum absolute atomic E-state index is 0.171. The summed E-state index contributed by atoms with van der Waals surface area (Å²) in [6.07, 6.45) is -4.70. The Morgan fingerprint density at radius 1 is 1.24 bits per heavy atom. The second kappa shape index (κ2) is 6.25. The van der Waals surface area contributed by atoms with Crippen molar-refractivity contribution in [1.29, 1.82) is 0 Å². The van der Waals surface area contributed by atoms with E-state index in [2.05, 4.69) is 4.74 Å². The van der Waals surface area contributed by atoms with Gasteiger partial charge < -0.3 is 9.64 Å². The van der Waals surface area contributed by atoms with Gasteiger partial charge in [-0.05, 0) is 28.0 Å². The summed E-state index contributed by atoms with van der Waals surface area (Å²) in [6.45, 7) is 0.415. The smallest absolute Gasteiger partial charge is 0.406 e. The van der Waals surface area contributed by atoms with Crippen molar-refractivity contribution in [1.82, 2.24) is 0 Å². The van der Waals surface area contributed by atoms with Crippen LogP contribution in [-0.4, -0.2) is 13.4 Å². The highest BCUT2D eigenvalue weighted by atomic mass is 35.5. The maximum Gasteiger partial charge on any atom is 0.573 e. The van der Waals surface area contributed by atoms with E-state index in [1.807, 2.05) is 0 Å². The summed E-state index contributed by atoms with van der Waals surface area (Å²) >= 11 is 5.89. The summed E-state index contributed by atoms with van der Waals surface area (Å²) < 4.78 is 39.7. The molecule has 1 aromatic carbocycles.